The number of benzene rings is 2. The summed E-state index contributed by atoms with van der Waals surface area (Å²) in [5.41, 5.74) is 1.05. The number of carbonyl (C=O) groups is 1. The van der Waals surface area contributed by atoms with Crippen molar-refractivity contribution in [1.82, 2.24) is 19.9 Å². The summed E-state index contributed by atoms with van der Waals surface area (Å²) in [5, 5.41) is 2.60. The van der Waals surface area contributed by atoms with Crippen molar-refractivity contribution < 1.29 is 18.0 Å². The third kappa shape index (κ3) is 4.79. The number of H-pyrrole nitrogens is 2. The van der Waals surface area contributed by atoms with E-state index in [-0.39, 0.29) is 29.9 Å². The van der Waals surface area contributed by atoms with Gasteiger partial charge in [0.05, 0.1) is 17.6 Å². The maximum Gasteiger partial charge on any atom is 0.323 e. The molecule has 0 fully saturated rings. The van der Waals surface area contributed by atoms with Crippen LogP contribution in [-0.2, 0) is 6.54 Å². The highest BCUT2D eigenvalue weighted by molar-refractivity contribution is 5.93. The fraction of sp³-hybridized carbons (Fsp3) is 0.0870. The average molecular weight is 454 g/mol. The number of imidazole rings is 1. The van der Waals surface area contributed by atoms with Gasteiger partial charge in [-0.25, -0.2) is 18.0 Å². The number of carbonyl (C=O) groups excluding carboxylic acids is 1. The number of amides is 1. The second-order valence-corrected chi connectivity index (χ2v) is 7.22. The van der Waals surface area contributed by atoms with Crippen LogP contribution in [0.3, 0.4) is 0 Å². The van der Waals surface area contributed by atoms with Gasteiger partial charge in [-0.15, -0.1) is 0 Å². The highest BCUT2D eigenvalue weighted by atomic mass is 19.2. The molecule has 2 heterocycles. The van der Waals surface area contributed by atoms with Crippen molar-refractivity contribution in [2.75, 3.05) is 6.54 Å². The minimum absolute atomic E-state index is 0.0368. The van der Waals surface area contributed by atoms with Crippen LogP contribution in [0.4, 0.5) is 13.2 Å². The topological polar surface area (TPSA) is 99.8 Å². The maximum absolute atomic E-state index is 13.4. The molecular weight excluding hydrogens is 437 g/mol. The summed E-state index contributed by atoms with van der Waals surface area (Å²) in [5.74, 6) is -4.93. The summed E-state index contributed by atoms with van der Waals surface area (Å²) < 4.78 is 41.1. The van der Waals surface area contributed by atoms with E-state index in [4.69, 9.17) is 0 Å². The zero-order chi connectivity index (χ0) is 23.5. The molecule has 0 radical (unpaired) electrons. The highest BCUT2D eigenvalue weighted by Gasteiger charge is 2.14. The smallest absolute Gasteiger partial charge is 0.323 e. The van der Waals surface area contributed by atoms with Crippen LogP contribution in [0.1, 0.15) is 21.5 Å². The number of hydrogen-bond acceptors (Lipinski definition) is 3. The summed E-state index contributed by atoms with van der Waals surface area (Å²) in [6, 6.07) is 9.68. The Bertz CT molecular complexity index is 1480. The first-order chi connectivity index (χ1) is 15.8. The lowest BCUT2D eigenvalue weighted by Crippen LogP contribution is -2.33. The van der Waals surface area contributed by atoms with Crippen LogP contribution in [-0.4, -0.2) is 27.0 Å². The second kappa shape index (κ2) is 9.03. The summed E-state index contributed by atoms with van der Waals surface area (Å²) >= 11 is 0. The van der Waals surface area contributed by atoms with Crippen LogP contribution < -0.4 is 16.6 Å². The van der Waals surface area contributed by atoms with Gasteiger partial charge in [-0.1, -0.05) is 18.2 Å². The molecule has 0 saturated carbocycles. The van der Waals surface area contributed by atoms with Gasteiger partial charge in [0.25, 0.3) is 11.5 Å². The summed E-state index contributed by atoms with van der Waals surface area (Å²) in [4.78, 5) is 41.7. The van der Waals surface area contributed by atoms with Gasteiger partial charge in [-0.3, -0.25) is 9.59 Å². The molecule has 168 valence electrons. The number of halogens is 3. The SMILES string of the molecule is O=C(NCC=Cc1ccc2[nH]c(=O)[nH]c2c1)c1cccn(Cc2cc(F)c(F)c(F)c2)c1=O. The maximum atomic E-state index is 13.4. The fourth-order valence-electron chi connectivity index (χ4n) is 3.33. The molecule has 7 nitrogen and oxygen atoms in total. The molecule has 0 saturated heterocycles. The largest absolute Gasteiger partial charge is 0.348 e. The third-order valence-electron chi connectivity index (χ3n) is 4.89. The summed E-state index contributed by atoms with van der Waals surface area (Å²) in [6.07, 6.45) is 4.78. The first-order valence-corrected chi connectivity index (χ1v) is 9.81. The van der Waals surface area contributed by atoms with Crippen molar-refractivity contribution >= 4 is 23.0 Å². The van der Waals surface area contributed by atoms with Crippen LogP contribution >= 0.6 is 0 Å². The number of fused-ring (bicyclic) bond motifs is 1. The molecule has 0 aliphatic rings. The van der Waals surface area contributed by atoms with E-state index < -0.39 is 28.9 Å². The number of nitrogens with one attached hydrogen (secondary N) is 3. The Labute approximate surface area is 184 Å². The lowest BCUT2D eigenvalue weighted by atomic mass is 10.2. The molecule has 10 heteroatoms. The molecule has 2 aromatic heterocycles. The third-order valence-corrected chi connectivity index (χ3v) is 4.89. The fourth-order valence-corrected chi connectivity index (χ4v) is 3.33. The Kier molecular flexibility index (Phi) is 5.99. The van der Waals surface area contributed by atoms with E-state index in [1.54, 1.807) is 30.4 Å². The molecule has 0 aliphatic carbocycles. The Balaban J connectivity index is 1.43. The van der Waals surface area contributed by atoms with Crippen LogP contribution in [0.5, 0.6) is 0 Å². The molecule has 0 spiro atoms. The molecule has 1 amide bonds. The number of nitrogens with zero attached hydrogens (tertiary/aromatic N) is 1. The molecule has 33 heavy (non-hydrogen) atoms. The normalized spacial score (nSPS) is 11.4. The van der Waals surface area contributed by atoms with E-state index in [9.17, 15) is 27.6 Å². The first kappa shape index (κ1) is 21.9. The number of pyridine rings is 1. The zero-order valence-corrected chi connectivity index (χ0v) is 17.0. The number of aromatic nitrogens is 3. The number of hydrogen-bond donors (Lipinski definition) is 3. The first-order valence-electron chi connectivity index (χ1n) is 9.81. The molecule has 2 aromatic carbocycles. The number of rotatable bonds is 6. The van der Waals surface area contributed by atoms with Crippen molar-refractivity contribution in [1.29, 1.82) is 0 Å². The van der Waals surface area contributed by atoms with Gasteiger partial charge in [-0.05, 0) is 47.5 Å². The molecule has 3 N–H and O–H groups in total. The summed E-state index contributed by atoms with van der Waals surface area (Å²) in [7, 11) is 0. The zero-order valence-electron chi connectivity index (χ0n) is 17.0. The van der Waals surface area contributed by atoms with Crippen molar-refractivity contribution in [2.24, 2.45) is 0 Å². The van der Waals surface area contributed by atoms with Gasteiger partial charge >= 0.3 is 5.69 Å². The van der Waals surface area contributed by atoms with Crippen LogP contribution in [0.25, 0.3) is 17.1 Å². The molecule has 4 rings (SSSR count). The Morgan fingerprint density at radius 2 is 1.73 bits per heavy atom. The second-order valence-electron chi connectivity index (χ2n) is 7.22. The minimum Gasteiger partial charge on any atom is -0.348 e. The predicted octanol–water partition coefficient (Wildman–Crippen LogP) is 2.93. The van der Waals surface area contributed by atoms with Gasteiger partial charge in [0, 0.05) is 12.7 Å². The van der Waals surface area contributed by atoms with Crippen molar-refractivity contribution in [3.63, 3.8) is 0 Å². The van der Waals surface area contributed by atoms with E-state index >= 15 is 0 Å². The number of aromatic amines is 2. The highest BCUT2D eigenvalue weighted by Crippen LogP contribution is 2.14. The van der Waals surface area contributed by atoms with Crippen LogP contribution in [0.15, 0.2) is 64.3 Å². The molecule has 0 unspecified atom stereocenters. The van der Waals surface area contributed by atoms with Crippen LogP contribution in [0.2, 0.25) is 0 Å². The van der Waals surface area contributed by atoms with Gasteiger partial charge < -0.3 is 19.9 Å². The lowest BCUT2D eigenvalue weighted by Gasteiger charge is -2.09. The van der Waals surface area contributed by atoms with Crippen molar-refractivity contribution in [3.05, 3.63) is 110 Å². The quantitative estimate of drug-likeness (QED) is 0.391. The van der Waals surface area contributed by atoms with Crippen molar-refractivity contribution in [2.45, 2.75) is 6.54 Å². The Hall–Kier alpha value is -4.34. The molecule has 0 aliphatic heterocycles. The monoisotopic (exact) mass is 454 g/mol. The molecule has 0 atom stereocenters. The van der Waals surface area contributed by atoms with E-state index in [1.807, 2.05) is 0 Å². The van der Waals surface area contributed by atoms with Gasteiger partial charge in [0.2, 0.25) is 0 Å². The predicted molar refractivity (Wildman–Crippen MR) is 116 cm³/mol. The Morgan fingerprint density at radius 3 is 2.48 bits per heavy atom. The van der Waals surface area contributed by atoms with Gasteiger partial charge in [0.1, 0.15) is 5.56 Å². The van der Waals surface area contributed by atoms with E-state index in [2.05, 4.69) is 15.3 Å². The molecule has 0 bridgehead atoms. The molecule has 4 aromatic rings. The standard InChI is InChI=1S/C23H17F3N4O3/c24-16-9-14(10-17(25)20(16)26)12-30-8-2-4-15(22(30)32)21(31)27-7-1-3-13-5-6-18-19(11-13)29-23(33)28-18/h1-6,8-11H,7,12H2,(H,27,31)(H2,28,29,33). The van der Waals surface area contributed by atoms with Crippen molar-refractivity contribution in [3.8, 4) is 0 Å². The summed E-state index contributed by atoms with van der Waals surface area (Å²) in [6.45, 7) is -0.110. The minimum atomic E-state index is -1.59. The van der Waals surface area contributed by atoms with E-state index in [0.29, 0.717) is 11.0 Å². The van der Waals surface area contributed by atoms with E-state index in [1.165, 1.54) is 18.3 Å². The van der Waals surface area contributed by atoms with Gasteiger partial charge in [-0.2, -0.15) is 0 Å². The van der Waals surface area contributed by atoms with Gasteiger partial charge in [0.15, 0.2) is 17.5 Å². The Morgan fingerprint density at radius 1 is 1.00 bits per heavy atom. The average Bonchev–Trinajstić information content (AvgIpc) is 3.15. The lowest BCUT2D eigenvalue weighted by molar-refractivity contribution is 0.0956. The van der Waals surface area contributed by atoms with Crippen LogP contribution in [0, 0.1) is 17.5 Å². The molecular formula is C23H17F3N4O3. The van der Waals surface area contributed by atoms with E-state index in [0.717, 1.165) is 22.3 Å².